The molecule has 2 nitrogen and oxygen atoms in total. The molecule has 0 spiro atoms. The molecule has 0 heterocycles. The van der Waals surface area contributed by atoms with E-state index < -0.39 is 48.3 Å². The van der Waals surface area contributed by atoms with Crippen LogP contribution >= 0.6 is 0 Å². The van der Waals surface area contributed by atoms with Gasteiger partial charge in [-0.1, -0.05) is 6.58 Å². The van der Waals surface area contributed by atoms with Crippen LogP contribution in [0.2, 0.25) is 0 Å². The van der Waals surface area contributed by atoms with E-state index in [9.17, 15) is 44.3 Å². The molecule has 0 aromatic carbocycles. The van der Waals surface area contributed by atoms with Crippen molar-refractivity contribution in [2.75, 3.05) is 7.11 Å². The first-order valence-corrected chi connectivity index (χ1v) is 5.05. The topological polar surface area (TPSA) is 26.3 Å². The molecule has 0 saturated heterocycles. The molecule has 0 aliphatic heterocycles. The zero-order valence-electron chi connectivity index (χ0n) is 10.2. The Bertz CT molecular complexity index is 396. The number of halogens is 9. The first-order valence-electron chi connectivity index (χ1n) is 5.05. The van der Waals surface area contributed by atoms with E-state index in [1.807, 2.05) is 0 Å². The number of hydrogen-bond acceptors (Lipinski definition) is 2. The Labute approximate surface area is 112 Å². The van der Waals surface area contributed by atoms with Gasteiger partial charge in [0.15, 0.2) is 6.17 Å². The molecule has 3 unspecified atom stereocenters. The highest BCUT2D eigenvalue weighted by atomic mass is 19.3. The first-order chi connectivity index (χ1) is 9.32. The Kier molecular flexibility index (Phi) is 6.12. The number of ether oxygens (including phenoxy) is 1. The quantitative estimate of drug-likeness (QED) is 0.406. The third-order valence-corrected chi connectivity index (χ3v) is 2.38. The molecule has 0 bridgehead atoms. The van der Waals surface area contributed by atoms with Gasteiger partial charge in [0.25, 0.3) is 6.43 Å². The van der Waals surface area contributed by atoms with Gasteiger partial charge >= 0.3 is 17.8 Å². The summed E-state index contributed by atoms with van der Waals surface area (Å²) in [6.45, 7) is 2.42. The summed E-state index contributed by atoms with van der Waals surface area (Å²) in [5, 5.41) is 0. The number of methoxy groups -OCH3 is 1. The molecule has 0 aromatic heterocycles. The maximum absolute atomic E-state index is 13.2. The minimum absolute atomic E-state index is 0.586. The molecule has 0 rings (SSSR count). The maximum Gasteiger partial charge on any atom is 0.348 e. The number of alkyl halides is 9. The normalized spacial score (nSPS) is 17.3. The summed E-state index contributed by atoms with van der Waals surface area (Å²) < 4.78 is 118. The molecule has 0 N–H and O–H groups in total. The smallest absolute Gasteiger partial charge is 0.348 e. The number of carbonyl (C=O) groups is 1. The van der Waals surface area contributed by atoms with Crippen molar-refractivity contribution in [2.45, 2.75) is 36.8 Å². The van der Waals surface area contributed by atoms with Gasteiger partial charge in [-0.15, -0.1) is 0 Å². The second-order valence-electron chi connectivity index (χ2n) is 3.81. The molecule has 124 valence electrons. The van der Waals surface area contributed by atoms with Crippen molar-refractivity contribution in [1.82, 2.24) is 0 Å². The molecule has 0 aromatic rings. The van der Waals surface area contributed by atoms with Crippen LogP contribution in [0, 0.1) is 0 Å². The second-order valence-corrected chi connectivity index (χ2v) is 3.81. The fraction of sp³-hybridized carbons (Fsp3) is 0.700. The fourth-order valence-corrected chi connectivity index (χ4v) is 1.13. The Morgan fingerprint density at radius 2 is 1.43 bits per heavy atom. The monoisotopic (exact) mass is 332 g/mol. The number of esters is 1. The molecule has 11 heteroatoms. The zero-order chi connectivity index (χ0) is 17.2. The van der Waals surface area contributed by atoms with Crippen LogP contribution in [-0.2, 0) is 9.53 Å². The van der Waals surface area contributed by atoms with Crippen molar-refractivity contribution in [2.24, 2.45) is 0 Å². The Balaban J connectivity index is 5.45. The summed E-state index contributed by atoms with van der Waals surface area (Å²) in [6, 6.07) is 0. The van der Waals surface area contributed by atoms with E-state index in [4.69, 9.17) is 0 Å². The highest BCUT2D eigenvalue weighted by molar-refractivity contribution is 5.89. The molecule has 0 saturated carbocycles. The van der Waals surface area contributed by atoms with Crippen LogP contribution in [0.1, 0.15) is 0 Å². The van der Waals surface area contributed by atoms with E-state index in [0.29, 0.717) is 7.11 Å². The summed E-state index contributed by atoms with van der Waals surface area (Å²) in [4.78, 5) is 10.7. The summed E-state index contributed by atoms with van der Waals surface area (Å²) in [5.74, 6) is -14.0. The lowest BCUT2D eigenvalue weighted by Gasteiger charge is -2.32. The molecule has 0 amide bonds. The second kappa shape index (κ2) is 6.56. The zero-order valence-corrected chi connectivity index (χ0v) is 10.2. The lowest BCUT2D eigenvalue weighted by molar-refractivity contribution is -0.271. The number of carbonyl (C=O) groups excluding carboxylic acids is 1. The van der Waals surface area contributed by atoms with E-state index in [-0.39, 0.29) is 0 Å². The summed E-state index contributed by atoms with van der Waals surface area (Å²) in [6.07, 6.45) is -17.5. The Hall–Kier alpha value is -1.42. The van der Waals surface area contributed by atoms with E-state index in [1.165, 1.54) is 0 Å². The van der Waals surface area contributed by atoms with Crippen molar-refractivity contribution in [1.29, 1.82) is 0 Å². The predicted octanol–water partition coefficient (Wildman–Crippen LogP) is 3.27. The SMILES string of the molecule is C=C(C(=O)OC)C(F)C(F)(F)C(F)(F)C(F)C(F)C(F)F. The molecule has 0 aliphatic rings. The van der Waals surface area contributed by atoms with E-state index in [0.717, 1.165) is 0 Å². The van der Waals surface area contributed by atoms with Crippen molar-refractivity contribution >= 4 is 5.97 Å². The molecule has 0 fully saturated rings. The molecule has 21 heavy (non-hydrogen) atoms. The average Bonchev–Trinajstić information content (AvgIpc) is 2.42. The molecule has 0 radical (unpaired) electrons. The average molecular weight is 332 g/mol. The van der Waals surface area contributed by atoms with Gasteiger partial charge < -0.3 is 4.74 Å². The van der Waals surface area contributed by atoms with Crippen LogP contribution in [0.3, 0.4) is 0 Å². The molecule has 3 atom stereocenters. The van der Waals surface area contributed by atoms with Gasteiger partial charge in [0.2, 0.25) is 12.3 Å². The fourth-order valence-electron chi connectivity index (χ4n) is 1.13. The highest BCUT2D eigenvalue weighted by Crippen LogP contribution is 2.45. The third-order valence-electron chi connectivity index (χ3n) is 2.38. The lowest BCUT2D eigenvalue weighted by atomic mass is 9.95. The Morgan fingerprint density at radius 3 is 1.76 bits per heavy atom. The van der Waals surface area contributed by atoms with Gasteiger partial charge in [-0.05, 0) is 0 Å². The molecular formula is C10H9F9O2. The first kappa shape index (κ1) is 19.6. The van der Waals surface area contributed by atoms with E-state index in [1.54, 1.807) is 0 Å². The highest BCUT2D eigenvalue weighted by Gasteiger charge is 2.69. The van der Waals surface area contributed by atoms with Crippen LogP contribution in [0.15, 0.2) is 12.2 Å². The van der Waals surface area contributed by atoms with Gasteiger partial charge in [-0.3, -0.25) is 0 Å². The summed E-state index contributed by atoms with van der Waals surface area (Å²) >= 11 is 0. The van der Waals surface area contributed by atoms with Crippen LogP contribution in [0.25, 0.3) is 0 Å². The van der Waals surface area contributed by atoms with Gasteiger partial charge in [0.05, 0.1) is 12.7 Å². The van der Waals surface area contributed by atoms with Crippen LogP contribution in [0.4, 0.5) is 39.5 Å². The van der Waals surface area contributed by atoms with Gasteiger partial charge in [-0.2, -0.15) is 17.6 Å². The van der Waals surface area contributed by atoms with Gasteiger partial charge in [0.1, 0.15) is 0 Å². The van der Waals surface area contributed by atoms with Gasteiger partial charge in [0, 0.05) is 0 Å². The minimum Gasteiger partial charge on any atom is -0.466 e. The largest absolute Gasteiger partial charge is 0.466 e. The minimum atomic E-state index is -6.15. The van der Waals surface area contributed by atoms with Crippen LogP contribution < -0.4 is 0 Å². The maximum atomic E-state index is 13.2. The van der Waals surface area contributed by atoms with Crippen LogP contribution in [-0.4, -0.2) is 49.9 Å². The van der Waals surface area contributed by atoms with Crippen molar-refractivity contribution < 1.29 is 49.0 Å². The molecular weight excluding hydrogens is 323 g/mol. The third kappa shape index (κ3) is 3.62. The lowest BCUT2D eigenvalue weighted by Crippen LogP contribution is -2.57. The van der Waals surface area contributed by atoms with Crippen molar-refractivity contribution in [3.63, 3.8) is 0 Å². The van der Waals surface area contributed by atoms with E-state index >= 15 is 0 Å². The summed E-state index contributed by atoms with van der Waals surface area (Å²) in [7, 11) is 0.586. The van der Waals surface area contributed by atoms with Crippen molar-refractivity contribution in [3.05, 3.63) is 12.2 Å². The van der Waals surface area contributed by atoms with Crippen molar-refractivity contribution in [3.8, 4) is 0 Å². The Morgan fingerprint density at radius 1 is 1.00 bits per heavy atom. The van der Waals surface area contributed by atoms with E-state index in [2.05, 4.69) is 11.3 Å². The summed E-state index contributed by atoms with van der Waals surface area (Å²) in [5.41, 5.74) is -1.80. The number of hydrogen-bond donors (Lipinski definition) is 0. The standard InChI is InChI=1S/C10H9F9O2/c1-3(8(20)21-2)5(12)9(16,17)10(18,19)6(13)4(11)7(14)15/h4-7H,1H2,2H3. The van der Waals surface area contributed by atoms with Crippen LogP contribution in [0.5, 0.6) is 0 Å². The number of rotatable bonds is 7. The van der Waals surface area contributed by atoms with Gasteiger partial charge in [-0.25, -0.2) is 26.7 Å². The predicted molar refractivity (Wildman–Crippen MR) is 51.7 cm³/mol. The molecule has 0 aliphatic carbocycles.